The summed E-state index contributed by atoms with van der Waals surface area (Å²) >= 11 is 5.12. The molecule has 0 bridgehead atoms. The molecule has 1 saturated heterocycles. The van der Waals surface area contributed by atoms with Crippen LogP contribution in [0.3, 0.4) is 0 Å². The van der Waals surface area contributed by atoms with Gasteiger partial charge in [-0.15, -0.1) is 11.3 Å². The highest BCUT2D eigenvalue weighted by Gasteiger charge is 2.29. The van der Waals surface area contributed by atoms with E-state index in [0.717, 1.165) is 23.2 Å². The van der Waals surface area contributed by atoms with Crippen molar-refractivity contribution in [3.05, 3.63) is 20.8 Å². The van der Waals surface area contributed by atoms with Gasteiger partial charge in [-0.1, -0.05) is 0 Å². The summed E-state index contributed by atoms with van der Waals surface area (Å²) in [6, 6.07) is 4.07. The first-order valence-corrected chi connectivity index (χ1v) is 8.97. The molecule has 1 fully saturated rings. The normalized spacial score (nSPS) is 23.2. The smallest absolute Gasteiger partial charge is 0.237 e. The number of nitrogens with zero attached hydrogens (tertiary/aromatic N) is 2. The Morgan fingerprint density at radius 2 is 2.33 bits per heavy atom. The summed E-state index contributed by atoms with van der Waals surface area (Å²) < 4.78 is 1.09. The largest absolute Gasteiger partial charge is 0.389 e. The van der Waals surface area contributed by atoms with E-state index in [0.29, 0.717) is 26.2 Å². The van der Waals surface area contributed by atoms with E-state index in [4.69, 9.17) is 0 Å². The van der Waals surface area contributed by atoms with Crippen LogP contribution in [0, 0.1) is 0 Å². The highest BCUT2D eigenvalue weighted by molar-refractivity contribution is 9.11. The van der Waals surface area contributed by atoms with Gasteiger partial charge in [0.1, 0.15) is 0 Å². The minimum absolute atomic E-state index is 0.139. The molecule has 6 heteroatoms. The number of thiophene rings is 1. The number of carbonyl (C=O) groups is 1. The fourth-order valence-electron chi connectivity index (χ4n) is 2.75. The minimum Gasteiger partial charge on any atom is -0.389 e. The van der Waals surface area contributed by atoms with Crippen molar-refractivity contribution < 1.29 is 9.90 Å². The third kappa shape index (κ3) is 5.06. The van der Waals surface area contributed by atoms with E-state index in [-0.39, 0.29) is 5.91 Å². The molecule has 1 atom stereocenters. The molecule has 21 heavy (non-hydrogen) atoms. The van der Waals surface area contributed by atoms with Gasteiger partial charge in [-0.3, -0.25) is 9.69 Å². The Morgan fingerprint density at radius 1 is 1.57 bits per heavy atom. The second kappa shape index (κ2) is 7.22. The number of aliphatic hydroxyl groups is 1. The lowest BCUT2D eigenvalue weighted by Gasteiger charge is -2.37. The van der Waals surface area contributed by atoms with E-state index in [1.807, 2.05) is 24.8 Å². The molecule has 1 aliphatic rings. The summed E-state index contributed by atoms with van der Waals surface area (Å²) in [5.41, 5.74) is -0.659. The fourth-order valence-corrected chi connectivity index (χ4v) is 4.25. The summed E-state index contributed by atoms with van der Waals surface area (Å²) in [5.74, 6) is 0.139. The maximum atomic E-state index is 12.5. The molecule has 1 unspecified atom stereocenters. The van der Waals surface area contributed by atoms with Crippen LogP contribution in [0.25, 0.3) is 0 Å². The Morgan fingerprint density at radius 3 is 2.90 bits per heavy atom. The first-order chi connectivity index (χ1) is 9.89. The second-order valence-electron chi connectivity index (χ2n) is 5.92. The number of likely N-dealkylation sites (tertiary alicyclic amines) is 1. The van der Waals surface area contributed by atoms with Gasteiger partial charge < -0.3 is 10.0 Å². The van der Waals surface area contributed by atoms with Gasteiger partial charge in [-0.05, 0) is 61.3 Å². The van der Waals surface area contributed by atoms with Crippen LogP contribution in [0.4, 0.5) is 0 Å². The molecule has 2 heterocycles. The number of piperidine rings is 1. The number of halogens is 1. The molecule has 1 amide bonds. The standard InChI is InChI=1S/C15H23BrN2O2S/c1-3-18(9-12-5-6-13(16)21-12)14(19)10-17-8-4-7-15(2,20)11-17/h5-6,20H,3-4,7-11H2,1-2H3. The number of rotatable bonds is 5. The maximum Gasteiger partial charge on any atom is 0.237 e. The average molecular weight is 375 g/mol. The van der Waals surface area contributed by atoms with Crippen LogP contribution in [-0.4, -0.2) is 52.6 Å². The number of hydrogen-bond donors (Lipinski definition) is 1. The van der Waals surface area contributed by atoms with Gasteiger partial charge in [0.25, 0.3) is 0 Å². The Kier molecular flexibility index (Phi) is 5.82. The molecule has 1 aromatic heterocycles. The van der Waals surface area contributed by atoms with E-state index in [1.54, 1.807) is 11.3 Å². The van der Waals surface area contributed by atoms with Crippen molar-refractivity contribution >= 4 is 33.2 Å². The summed E-state index contributed by atoms with van der Waals surface area (Å²) in [6.07, 6.45) is 1.77. The van der Waals surface area contributed by atoms with Crippen molar-refractivity contribution in [1.29, 1.82) is 0 Å². The van der Waals surface area contributed by atoms with Crippen LogP contribution in [0.5, 0.6) is 0 Å². The predicted molar refractivity (Wildman–Crippen MR) is 89.4 cm³/mol. The third-order valence-corrected chi connectivity index (χ3v) is 5.43. The molecular formula is C15H23BrN2O2S. The van der Waals surface area contributed by atoms with Gasteiger partial charge in [-0.25, -0.2) is 0 Å². The van der Waals surface area contributed by atoms with Crippen molar-refractivity contribution in [2.75, 3.05) is 26.2 Å². The zero-order chi connectivity index (χ0) is 15.5. The van der Waals surface area contributed by atoms with Crippen molar-refractivity contribution in [2.45, 2.75) is 38.8 Å². The first-order valence-electron chi connectivity index (χ1n) is 7.36. The Bertz CT molecular complexity index is 490. The van der Waals surface area contributed by atoms with E-state index in [2.05, 4.69) is 26.9 Å². The number of hydrogen-bond acceptors (Lipinski definition) is 4. The van der Waals surface area contributed by atoms with Crippen molar-refractivity contribution in [3.63, 3.8) is 0 Å². The van der Waals surface area contributed by atoms with Crippen molar-refractivity contribution in [3.8, 4) is 0 Å². The highest BCUT2D eigenvalue weighted by atomic mass is 79.9. The molecule has 1 aromatic rings. The number of carbonyl (C=O) groups excluding carboxylic acids is 1. The zero-order valence-electron chi connectivity index (χ0n) is 12.6. The Balaban J connectivity index is 1.90. The third-order valence-electron chi connectivity index (χ3n) is 3.82. The minimum atomic E-state index is -0.659. The molecule has 118 valence electrons. The average Bonchev–Trinajstić information content (AvgIpc) is 2.80. The fraction of sp³-hybridized carbons (Fsp3) is 0.667. The van der Waals surface area contributed by atoms with Crippen molar-refractivity contribution in [1.82, 2.24) is 9.80 Å². The lowest BCUT2D eigenvalue weighted by Crippen LogP contribution is -2.49. The maximum absolute atomic E-state index is 12.5. The molecule has 1 N–H and O–H groups in total. The van der Waals surface area contributed by atoms with E-state index < -0.39 is 5.60 Å². The lowest BCUT2D eigenvalue weighted by molar-refractivity contribution is -0.134. The molecule has 2 rings (SSSR count). The van der Waals surface area contributed by atoms with Crippen LogP contribution in [0.15, 0.2) is 15.9 Å². The molecule has 0 radical (unpaired) electrons. The van der Waals surface area contributed by atoms with Crippen LogP contribution >= 0.6 is 27.3 Å². The number of amides is 1. The number of likely N-dealkylation sites (N-methyl/N-ethyl adjacent to an activating group) is 1. The molecule has 0 aliphatic carbocycles. The lowest BCUT2D eigenvalue weighted by atomic mass is 9.95. The molecule has 0 aromatic carbocycles. The van der Waals surface area contributed by atoms with Gasteiger partial charge in [-0.2, -0.15) is 0 Å². The van der Waals surface area contributed by atoms with Gasteiger partial charge in [0, 0.05) is 18.0 Å². The van der Waals surface area contributed by atoms with Crippen LogP contribution in [0.2, 0.25) is 0 Å². The monoisotopic (exact) mass is 374 g/mol. The predicted octanol–water partition coefficient (Wildman–Crippen LogP) is 2.71. The molecule has 0 spiro atoms. The molecular weight excluding hydrogens is 352 g/mol. The summed E-state index contributed by atoms with van der Waals surface area (Å²) in [4.78, 5) is 17.6. The van der Waals surface area contributed by atoms with Gasteiger partial charge in [0.05, 0.1) is 22.5 Å². The van der Waals surface area contributed by atoms with Crippen LogP contribution in [0.1, 0.15) is 31.6 Å². The molecule has 0 saturated carbocycles. The molecule has 4 nitrogen and oxygen atoms in total. The Hall–Kier alpha value is -0.430. The van der Waals surface area contributed by atoms with Crippen molar-refractivity contribution in [2.24, 2.45) is 0 Å². The molecule has 1 aliphatic heterocycles. The SMILES string of the molecule is CCN(Cc1ccc(Br)s1)C(=O)CN1CCCC(C)(O)C1. The topological polar surface area (TPSA) is 43.8 Å². The quantitative estimate of drug-likeness (QED) is 0.861. The van der Waals surface area contributed by atoms with Gasteiger partial charge in [0.2, 0.25) is 5.91 Å². The van der Waals surface area contributed by atoms with Gasteiger partial charge in [0.15, 0.2) is 0 Å². The van der Waals surface area contributed by atoms with E-state index in [1.165, 1.54) is 4.88 Å². The second-order valence-corrected chi connectivity index (χ2v) is 8.47. The van der Waals surface area contributed by atoms with Crippen LogP contribution in [-0.2, 0) is 11.3 Å². The highest BCUT2D eigenvalue weighted by Crippen LogP contribution is 2.24. The number of β-amino-alcohol motifs (C(OH)–C–C–N with tert-alkyl or cyclic N) is 1. The first kappa shape index (κ1) is 16.9. The van der Waals surface area contributed by atoms with Gasteiger partial charge >= 0.3 is 0 Å². The summed E-state index contributed by atoms with van der Waals surface area (Å²) in [6.45, 7) is 7.10. The zero-order valence-corrected chi connectivity index (χ0v) is 15.0. The summed E-state index contributed by atoms with van der Waals surface area (Å²) in [7, 11) is 0. The van der Waals surface area contributed by atoms with Crippen LogP contribution < -0.4 is 0 Å². The van der Waals surface area contributed by atoms with E-state index in [9.17, 15) is 9.90 Å². The Labute approximate surface area is 138 Å². The van der Waals surface area contributed by atoms with E-state index >= 15 is 0 Å². The summed E-state index contributed by atoms with van der Waals surface area (Å²) in [5, 5.41) is 10.1.